The number of carboxylic acid groups (broad SMARTS) is 1. The Morgan fingerprint density at radius 1 is 1.24 bits per heavy atom. The van der Waals surface area contributed by atoms with Crippen LogP contribution in [0.1, 0.15) is 43.1 Å². The lowest BCUT2D eigenvalue weighted by Crippen LogP contribution is -2.01. The van der Waals surface area contributed by atoms with Gasteiger partial charge in [-0.3, -0.25) is 4.79 Å². The minimum absolute atomic E-state index is 0.0789. The van der Waals surface area contributed by atoms with Gasteiger partial charge in [0.15, 0.2) is 0 Å². The van der Waals surface area contributed by atoms with E-state index >= 15 is 0 Å². The van der Waals surface area contributed by atoms with Crippen molar-refractivity contribution in [3.63, 3.8) is 0 Å². The van der Waals surface area contributed by atoms with Crippen LogP contribution in [0.4, 0.5) is 0 Å². The lowest BCUT2D eigenvalue weighted by Gasteiger charge is -2.05. The maximum absolute atomic E-state index is 10.6. The molecule has 0 unspecified atom stereocenters. The van der Waals surface area contributed by atoms with Crippen molar-refractivity contribution in [3.05, 3.63) is 41.2 Å². The smallest absolute Gasteiger partial charge is 0.303 e. The summed E-state index contributed by atoms with van der Waals surface area (Å²) in [6.07, 6.45) is 3.97. The number of aromatic nitrogens is 3. The minimum atomic E-state index is -0.816. The Hall–Kier alpha value is -2.17. The zero-order valence-corrected chi connectivity index (χ0v) is 12.5. The van der Waals surface area contributed by atoms with Crippen molar-refractivity contribution < 1.29 is 9.90 Å². The highest BCUT2D eigenvalue weighted by molar-refractivity contribution is 5.67. The molecule has 21 heavy (non-hydrogen) atoms. The Kier molecular flexibility index (Phi) is 5.09. The molecule has 0 fully saturated rings. The van der Waals surface area contributed by atoms with Crippen LogP contribution in [0.3, 0.4) is 0 Å². The van der Waals surface area contributed by atoms with Crippen molar-refractivity contribution in [2.45, 2.75) is 46.0 Å². The molecule has 0 aliphatic carbocycles. The van der Waals surface area contributed by atoms with Gasteiger partial charge in [0.25, 0.3) is 0 Å². The zero-order chi connectivity index (χ0) is 15.2. The minimum Gasteiger partial charge on any atom is -0.481 e. The average molecular weight is 287 g/mol. The summed E-state index contributed by atoms with van der Waals surface area (Å²) in [7, 11) is 0. The van der Waals surface area contributed by atoms with E-state index in [2.05, 4.69) is 29.4 Å². The second-order valence-corrected chi connectivity index (χ2v) is 5.20. The van der Waals surface area contributed by atoms with Crippen molar-refractivity contribution in [3.8, 4) is 5.69 Å². The van der Waals surface area contributed by atoms with Gasteiger partial charge in [-0.05, 0) is 37.5 Å². The van der Waals surface area contributed by atoms with Crippen LogP contribution in [0.25, 0.3) is 5.69 Å². The van der Waals surface area contributed by atoms with Crippen molar-refractivity contribution in [1.29, 1.82) is 0 Å². The first-order valence-corrected chi connectivity index (χ1v) is 7.34. The Balaban J connectivity index is 2.12. The summed E-state index contributed by atoms with van der Waals surface area (Å²) in [6, 6.07) is 8.30. The number of nitrogens with zero attached hydrogens (tertiary/aromatic N) is 3. The normalized spacial score (nSPS) is 10.8. The first-order valence-electron chi connectivity index (χ1n) is 7.34. The first kappa shape index (κ1) is 15.2. The molecule has 1 heterocycles. The van der Waals surface area contributed by atoms with Gasteiger partial charge in [-0.25, -0.2) is 4.68 Å². The fourth-order valence-corrected chi connectivity index (χ4v) is 2.25. The summed E-state index contributed by atoms with van der Waals surface area (Å²) in [5.74, 6) is -0.816. The van der Waals surface area contributed by atoms with Gasteiger partial charge >= 0.3 is 5.97 Å². The molecule has 0 saturated carbocycles. The highest BCUT2D eigenvalue weighted by atomic mass is 16.4. The molecule has 0 spiro atoms. The highest BCUT2D eigenvalue weighted by Crippen LogP contribution is 2.15. The van der Waals surface area contributed by atoms with Gasteiger partial charge in [-0.15, -0.1) is 5.10 Å². The highest BCUT2D eigenvalue weighted by Gasteiger charge is 2.11. The molecule has 0 bridgehead atoms. The third-order valence-corrected chi connectivity index (χ3v) is 3.57. The zero-order valence-electron chi connectivity index (χ0n) is 12.5. The van der Waals surface area contributed by atoms with Gasteiger partial charge in [0, 0.05) is 6.42 Å². The van der Waals surface area contributed by atoms with Gasteiger partial charge in [-0.1, -0.05) is 30.7 Å². The average Bonchev–Trinajstić information content (AvgIpc) is 2.84. The molecule has 0 aliphatic rings. The molecule has 5 heteroatoms. The van der Waals surface area contributed by atoms with E-state index in [-0.39, 0.29) is 6.42 Å². The van der Waals surface area contributed by atoms with Crippen LogP contribution < -0.4 is 0 Å². The van der Waals surface area contributed by atoms with Crippen LogP contribution in [0, 0.1) is 6.92 Å². The molecule has 112 valence electrons. The molecule has 0 amide bonds. The molecular weight excluding hydrogens is 266 g/mol. The van der Waals surface area contributed by atoms with Crippen LogP contribution in [0.2, 0.25) is 0 Å². The quantitative estimate of drug-likeness (QED) is 0.850. The van der Waals surface area contributed by atoms with Crippen molar-refractivity contribution in [2.24, 2.45) is 0 Å². The second kappa shape index (κ2) is 7.02. The third-order valence-electron chi connectivity index (χ3n) is 3.57. The number of aryl methyl sites for hydroxylation is 2. The van der Waals surface area contributed by atoms with Crippen LogP contribution in [0.5, 0.6) is 0 Å². The fraction of sp³-hybridized carbons (Fsp3) is 0.438. The maximum atomic E-state index is 10.6. The molecule has 5 nitrogen and oxygen atoms in total. The summed E-state index contributed by atoms with van der Waals surface area (Å²) < 4.78 is 1.76. The van der Waals surface area contributed by atoms with E-state index in [0.29, 0.717) is 6.42 Å². The van der Waals surface area contributed by atoms with E-state index in [4.69, 9.17) is 5.11 Å². The van der Waals surface area contributed by atoms with Gasteiger partial charge in [0.1, 0.15) is 0 Å². The van der Waals surface area contributed by atoms with Gasteiger partial charge < -0.3 is 5.11 Å². The second-order valence-electron chi connectivity index (χ2n) is 5.20. The summed E-state index contributed by atoms with van der Waals surface area (Å²) in [6.45, 7) is 4.11. The van der Waals surface area contributed by atoms with Gasteiger partial charge in [0.05, 0.1) is 23.5 Å². The Morgan fingerprint density at radius 2 is 1.95 bits per heavy atom. The largest absolute Gasteiger partial charge is 0.481 e. The number of hydrogen-bond acceptors (Lipinski definition) is 3. The predicted molar refractivity (Wildman–Crippen MR) is 80.7 cm³/mol. The molecule has 2 rings (SSSR count). The lowest BCUT2D eigenvalue weighted by atomic mass is 10.1. The van der Waals surface area contributed by atoms with E-state index in [1.165, 1.54) is 18.4 Å². The summed E-state index contributed by atoms with van der Waals surface area (Å²) in [4.78, 5) is 10.6. The van der Waals surface area contributed by atoms with Gasteiger partial charge in [-0.2, -0.15) is 0 Å². The molecule has 0 aliphatic heterocycles. The lowest BCUT2D eigenvalue weighted by molar-refractivity contribution is -0.136. The Morgan fingerprint density at radius 3 is 2.57 bits per heavy atom. The molecule has 1 aromatic carbocycles. The number of aliphatic carboxylic acids is 1. The van der Waals surface area contributed by atoms with Crippen molar-refractivity contribution >= 4 is 5.97 Å². The molecule has 1 aromatic heterocycles. The molecule has 0 atom stereocenters. The summed E-state index contributed by atoms with van der Waals surface area (Å²) in [5.41, 5.74) is 3.93. The van der Waals surface area contributed by atoms with Crippen LogP contribution in [-0.2, 0) is 17.6 Å². The first-order chi connectivity index (χ1) is 10.1. The van der Waals surface area contributed by atoms with Crippen molar-refractivity contribution in [1.82, 2.24) is 15.0 Å². The standard InChI is InChI=1S/C16H21N3O2/c1-3-4-5-13-6-8-14(9-7-13)19-12(2)15(17-18-19)10-11-16(20)21/h6-9H,3-5,10-11H2,1-2H3,(H,20,21). The number of unbranched alkanes of at least 4 members (excludes halogenated alkanes) is 1. The third kappa shape index (κ3) is 3.90. The van der Waals surface area contributed by atoms with Crippen LogP contribution in [-0.4, -0.2) is 26.1 Å². The Bertz CT molecular complexity index is 602. The van der Waals surface area contributed by atoms with E-state index in [1.54, 1.807) is 4.68 Å². The van der Waals surface area contributed by atoms with E-state index in [1.807, 2.05) is 19.1 Å². The number of carboxylic acids is 1. The number of benzene rings is 1. The number of carbonyl (C=O) groups is 1. The molecule has 1 N–H and O–H groups in total. The van der Waals surface area contributed by atoms with E-state index in [9.17, 15) is 4.79 Å². The SMILES string of the molecule is CCCCc1ccc(-n2nnc(CCC(=O)O)c2C)cc1. The summed E-state index contributed by atoms with van der Waals surface area (Å²) >= 11 is 0. The molecular formula is C16H21N3O2. The molecule has 2 aromatic rings. The molecule has 0 saturated heterocycles. The topological polar surface area (TPSA) is 68.0 Å². The Labute approximate surface area is 124 Å². The molecule has 0 radical (unpaired) electrons. The number of rotatable bonds is 7. The van der Waals surface area contributed by atoms with E-state index in [0.717, 1.165) is 23.5 Å². The fourth-order valence-electron chi connectivity index (χ4n) is 2.25. The van der Waals surface area contributed by atoms with Gasteiger partial charge in [0.2, 0.25) is 0 Å². The van der Waals surface area contributed by atoms with E-state index < -0.39 is 5.97 Å². The summed E-state index contributed by atoms with van der Waals surface area (Å²) in [5, 5.41) is 17.0. The monoisotopic (exact) mass is 287 g/mol. The maximum Gasteiger partial charge on any atom is 0.303 e. The number of hydrogen-bond donors (Lipinski definition) is 1. The van der Waals surface area contributed by atoms with Crippen LogP contribution in [0.15, 0.2) is 24.3 Å². The van der Waals surface area contributed by atoms with Crippen LogP contribution >= 0.6 is 0 Å². The predicted octanol–water partition coefficient (Wildman–Crippen LogP) is 2.94. The van der Waals surface area contributed by atoms with Crippen molar-refractivity contribution in [2.75, 3.05) is 0 Å².